The van der Waals surface area contributed by atoms with Crippen molar-refractivity contribution >= 4 is 67.1 Å². The Labute approximate surface area is 439 Å². The maximum atomic E-state index is 15.3. The molecule has 8 aromatic carbocycles. The predicted molar refractivity (Wildman–Crippen MR) is 279 cm³/mol. The summed E-state index contributed by atoms with van der Waals surface area (Å²) >= 11 is 0. The van der Waals surface area contributed by atoms with Crippen LogP contribution < -0.4 is 59.1 Å². The maximum absolute atomic E-state index is 15.3. The van der Waals surface area contributed by atoms with Gasteiger partial charge in [0.25, 0.3) is 0 Å². The standard InChI is InChI=1S/C28H20F3O6PS.C28H20F3O5PS/c29-28(30,31)39(33,34)37-23-15-7-13-21-25(23)27(17-35-21)18-36-22-14-8-16-24(26(22)27)38(32,19-9-3-1-4-10-19)20-11-5-2-6-12-20;29-28(30,31)38(32,33)36-23-15-7-13-21-25(23)27(17-34-21)18-35-22-14-8-16-24(26(22)27)37(19-9-3-1-4-10-19)20-11-5-2-6-12-20/h1-16H,17-18H2;1-16H,17-18H2. The van der Waals surface area contributed by atoms with Crippen LogP contribution in [-0.2, 0) is 35.6 Å². The number of ether oxygens (including phenoxy) is 4. The number of halogens is 6. The van der Waals surface area contributed by atoms with Crippen molar-refractivity contribution in [3.8, 4) is 34.5 Å². The molecule has 2 unspecified atom stereocenters. The summed E-state index contributed by atoms with van der Waals surface area (Å²) in [5, 5.41) is 4.61. The Hall–Kier alpha value is -7.30. The molecule has 0 saturated heterocycles. The van der Waals surface area contributed by atoms with E-state index in [0.717, 1.165) is 27.5 Å². The molecule has 2 spiro atoms. The Bertz CT molecular complexity index is 3750. The highest BCUT2D eigenvalue weighted by molar-refractivity contribution is 7.88. The van der Waals surface area contributed by atoms with Crippen molar-refractivity contribution in [2.75, 3.05) is 26.4 Å². The van der Waals surface area contributed by atoms with Crippen LogP contribution in [0.5, 0.6) is 34.5 Å². The van der Waals surface area contributed by atoms with Crippen LogP contribution in [0.4, 0.5) is 26.3 Å². The van der Waals surface area contributed by atoms with Crippen LogP contribution in [0.1, 0.15) is 22.3 Å². The van der Waals surface area contributed by atoms with Crippen LogP contribution in [0, 0.1) is 0 Å². The van der Waals surface area contributed by atoms with Gasteiger partial charge < -0.3 is 31.9 Å². The zero-order valence-electron chi connectivity index (χ0n) is 39.8. The van der Waals surface area contributed by atoms with Crippen molar-refractivity contribution in [2.45, 2.75) is 21.8 Å². The molecular formula is C56H40F6O11P2S2. The van der Waals surface area contributed by atoms with Crippen molar-refractivity contribution in [1.82, 2.24) is 0 Å². The van der Waals surface area contributed by atoms with E-state index in [1.165, 1.54) is 24.3 Å². The van der Waals surface area contributed by atoms with Gasteiger partial charge in [-0.05, 0) is 60.2 Å². The lowest BCUT2D eigenvalue weighted by Crippen LogP contribution is -2.38. The Morgan fingerprint density at radius 1 is 0.416 bits per heavy atom. The van der Waals surface area contributed by atoms with Crippen molar-refractivity contribution < 1.29 is 75.1 Å². The molecule has 0 bridgehead atoms. The van der Waals surface area contributed by atoms with E-state index in [4.69, 9.17) is 23.1 Å². The molecule has 8 aromatic rings. The van der Waals surface area contributed by atoms with Crippen molar-refractivity contribution in [3.63, 3.8) is 0 Å². The smallest absolute Gasteiger partial charge is 0.492 e. The first kappa shape index (κ1) is 51.8. The average Bonchev–Trinajstić information content (AvgIpc) is 4.40. The van der Waals surface area contributed by atoms with Gasteiger partial charge in [0.2, 0.25) is 0 Å². The van der Waals surface area contributed by atoms with Crippen molar-refractivity contribution in [2.24, 2.45) is 0 Å². The predicted octanol–water partition coefficient (Wildman–Crippen LogP) is 9.37. The van der Waals surface area contributed by atoms with E-state index in [9.17, 15) is 43.2 Å². The molecule has 0 aliphatic carbocycles. The van der Waals surface area contributed by atoms with E-state index in [-0.39, 0.29) is 49.1 Å². The van der Waals surface area contributed by atoms with Crippen LogP contribution in [0.2, 0.25) is 0 Å². The van der Waals surface area contributed by atoms with Gasteiger partial charge in [0.1, 0.15) is 49.4 Å². The molecule has 0 fully saturated rings. The van der Waals surface area contributed by atoms with Gasteiger partial charge in [0.05, 0.1) is 22.0 Å². The number of benzene rings is 8. The third-order valence-electron chi connectivity index (χ3n) is 13.6. The van der Waals surface area contributed by atoms with Gasteiger partial charge in [0, 0.05) is 27.0 Å². The summed E-state index contributed by atoms with van der Waals surface area (Å²) in [6, 6.07) is 56.7. The van der Waals surface area contributed by atoms with Crippen molar-refractivity contribution in [3.05, 3.63) is 216 Å². The van der Waals surface area contributed by atoms with Gasteiger partial charge in [0.15, 0.2) is 18.6 Å². The van der Waals surface area contributed by atoms with Gasteiger partial charge in [-0.3, -0.25) is 0 Å². The van der Waals surface area contributed by atoms with E-state index >= 15 is 4.57 Å². The fourth-order valence-corrected chi connectivity index (χ4v) is 16.9. The van der Waals surface area contributed by atoms with E-state index < -0.39 is 68.6 Å². The molecule has 0 saturated carbocycles. The lowest BCUT2D eigenvalue weighted by atomic mass is 9.77. The third kappa shape index (κ3) is 8.77. The Balaban J connectivity index is 0.000000164. The average molecular weight is 1130 g/mol. The van der Waals surface area contributed by atoms with Crippen LogP contribution >= 0.6 is 15.1 Å². The topological polar surface area (TPSA) is 141 Å². The van der Waals surface area contributed by atoms with Gasteiger partial charge in [-0.15, -0.1) is 0 Å². The lowest BCUT2D eigenvalue weighted by molar-refractivity contribution is -0.0505. The van der Waals surface area contributed by atoms with Crippen molar-refractivity contribution in [1.29, 1.82) is 0 Å². The van der Waals surface area contributed by atoms with Gasteiger partial charge in [-0.2, -0.15) is 43.2 Å². The van der Waals surface area contributed by atoms with Crippen LogP contribution in [0.3, 0.4) is 0 Å². The molecule has 394 valence electrons. The van der Waals surface area contributed by atoms with Gasteiger partial charge in [-0.1, -0.05) is 158 Å². The number of hydrogen-bond donors (Lipinski definition) is 0. The second kappa shape index (κ2) is 19.3. The summed E-state index contributed by atoms with van der Waals surface area (Å²) in [7, 11) is -16.5. The fraction of sp³-hybridized carbons (Fsp3) is 0.143. The monoisotopic (exact) mass is 1130 g/mol. The van der Waals surface area contributed by atoms with E-state index in [2.05, 4.69) is 4.18 Å². The van der Waals surface area contributed by atoms with Crippen LogP contribution in [0.25, 0.3) is 0 Å². The third-order valence-corrected chi connectivity index (χ3v) is 21.1. The number of hydrogen-bond acceptors (Lipinski definition) is 11. The summed E-state index contributed by atoms with van der Waals surface area (Å²) < 4.78 is 176. The first-order chi connectivity index (χ1) is 36.8. The van der Waals surface area contributed by atoms with Gasteiger partial charge in [-0.25, -0.2) is 0 Å². The second-order valence-electron chi connectivity index (χ2n) is 18.1. The SMILES string of the molecule is O=P(c1ccccc1)(c1ccccc1)c1cccc2c1C1(COc3cccc(OS(=O)(=O)C(F)(F)F)c31)CO2.O=S(=O)(Oc1cccc2c1C1(CO2)COc2cccc(P(c3ccccc3)c3ccccc3)c21)C(F)(F)F. The molecule has 0 N–H and O–H groups in total. The summed E-state index contributed by atoms with van der Waals surface area (Å²) in [4.78, 5) is 0. The minimum atomic E-state index is -5.97. The molecule has 21 heteroatoms. The largest absolute Gasteiger partial charge is 0.534 e. The summed E-state index contributed by atoms with van der Waals surface area (Å²) in [5.74, 6) is 0.423. The number of rotatable bonds is 10. The minimum Gasteiger partial charge on any atom is -0.492 e. The highest BCUT2D eigenvalue weighted by Gasteiger charge is 2.57. The molecular weight excluding hydrogens is 1090 g/mol. The molecule has 12 rings (SSSR count). The normalized spacial score (nSPS) is 18.2. The fourth-order valence-electron chi connectivity index (χ4n) is 10.4. The van der Waals surface area contributed by atoms with Crippen LogP contribution in [0.15, 0.2) is 194 Å². The molecule has 77 heavy (non-hydrogen) atoms. The molecule has 11 nitrogen and oxygen atoms in total. The highest BCUT2D eigenvalue weighted by Crippen LogP contribution is 2.58. The molecule has 4 heterocycles. The highest BCUT2D eigenvalue weighted by atomic mass is 32.2. The van der Waals surface area contributed by atoms with Crippen LogP contribution in [-0.4, -0.2) is 54.3 Å². The number of alkyl halides is 6. The lowest BCUT2D eigenvalue weighted by Gasteiger charge is -2.28. The molecule has 0 amide bonds. The van der Waals surface area contributed by atoms with E-state index in [1.807, 2.05) is 91.0 Å². The molecule has 4 aliphatic rings. The summed E-state index contributed by atoms with van der Waals surface area (Å²) in [6.45, 7) is -0.0399. The Kier molecular flexibility index (Phi) is 13.0. The first-order valence-corrected chi connectivity index (χ1v) is 29.3. The summed E-state index contributed by atoms with van der Waals surface area (Å²) in [5.41, 5.74) is -12.0. The minimum absolute atomic E-state index is 0.0610. The Morgan fingerprint density at radius 2 is 0.753 bits per heavy atom. The number of fused-ring (bicyclic) bond motifs is 8. The molecule has 2 atom stereocenters. The van der Waals surface area contributed by atoms with E-state index in [1.54, 1.807) is 72.8 Å². The molecule has 0 aromatic heterocycles. The first-order valence-electron chi connectivity index (χ1n) is 23.5. The van der Waals surface area contributed by atoms with Gasteiger partial charge >= 0.3 is 31.3 Å². The maximum Gasteiger partial charge on any atom is 0.534 e. The quantitative estimate of drug-likeness (QED) is 0.0560. The zero-order chi connectivity index (χ0) is 54.0. The second-order valence-corrected chi connectivity index (χ2v) is 26.1. The Morgan fingerprint density at radius 3 is 1.16 bits per heavy atom. The molecule has 4 aliphatic heterocycles. The zero-order valence-corrected chi connectivity index (χ0v) is 43.2. The van der Waals surface area contributed by atoms with E-state index in [0.29, 0.717) is 33.0 Å². The summed E-state index contributed by atoms with van der Waals surface area (Å²) in [6.07, 6.45) is 0. The molecule has 0 radical (unpaired) electrons.